The molecular weight excluding hydrogens is 435 g/mol. The molecule has 4 rings (SSSR count). The fourth-order valence-corrected chi connectivity index (χ4v) is 5.66. The van der Waals surface area contributed by atoms with Gasteiger partial charge in [0.1, 0.15) is 0 Å². The minimum Gasteiger partial charge on any atom is -0.374 e. The Labute approximate surface area is 167 Å². The van der Waals surface area contributed by atoms with E-state index in [0.29, 0.717) is 12.2 Å². The first kappa shape index (κ1) is 19.0. The molecule has 0 aliphatic carbocycles. The molecule has 4 fully saturated rings. The number of halogens is 1. The Balaban J connectivity index is 0.00000169. The Bertz CT molecular complexity index is 428. The van der Waals surface area contributed by atoms with Crippen molar-refractivity contribution >= 4 is 41.7 Å². The highest BCUT2D eigenvalue weighted by Gasteiger charge is 2.53. The topological polar surface area (TPSA) is 40.1 Å². The Morgan fingerprint density at radius 3 is 2.46 bits per heavy atom. The highest BCUT2D eigenvalue weighted by Crippen LogP contribution is 2.47. The number of likely N-dealkylation sites (tertiary alicyclic amines) is 1. The third kappa shape index (κ3) is 3.99. The minimum atomic E-state index is 0. The van der Waals surface area contributed by atoms with Gasteiger partial charge in [-0.05, 0) is 19.8 Å². The van der Waals surface area contributed by atoms with E-state index >= 15 is 0 Å². The fourth-order valence-electron chi connectivity index (χ4n) is 4.68. The van der Waals surface area contributed by atoms with Gasteiger partial charge in [0.05, 0.1) is 18.8 Å². The molecule has 0 amide bonds. The van der Waals surface area contributed by atoms with Gasteiger partial charge in [0.2, 0.25) is 0 Å². The first-order chi connectivity index (χ1) is 11.3. The maximum atomic E-state index is 6.09. The summed E-state index contributed by atoms with van der Waals surface area (Å²) in [5.41, 5.74) is 0. The Morgan fingerprint density at radius 1 is 1.17 bits per heavy atom. The summed E-state index contributed by atoms with van der Waals surface area (Å²) in [6, 6.07) is 0. The predicted octanol–water partition coefficient (Wildman–Crippen LogP) is 1.73. The van der Waals surface area contributed by atoms with E-state index in [1.54, 1.807) is 0 Å². The monoisotopic (exact) mass is 466 g/mol. The van der Waals surface area contributed by atoms with Crippen molar-refractivity contribution in [2.45, 2.75) is 32.0 Å². The van der Waals surface area contributed by atoms with Gasteiger partial charge >= 0.3 is 0 Å². The van der Waals surface area contributed by atoms with E-state index in [0.717, 1.165) is 50.5 Å². The number of thioether (sulfide) groups is 1. The summed E-state index contributed by atoms with van der Waals surface area (Å²) >= 11 is 2.07. The second-order valence-electron chi connectivity index (χ2n) is 7.21. The molecule has 7 heteroatoms. The van der Waals surface area contributed by atoms with Gasteiger partial charge in [-0.3, -0.25) is 9.89 Å². The molecule has 0 radical (unpaired) electrons. The van der Waals surface area contributed by atoms with Crippen molar-refractivity contribution in [3.05, 3.63) is 0 Å². The molecule has 0 aromatic heterocycles. The van der Waals surface area contributed by atoms with Crippen molar-refractivity contribution in [3.63, 3.8) is 0 Å². The molecule has 2 bridgehead atoms. The molecule has 4 atom stereocenters. The van der Waals surface area contributed by atoms with E-state index in [2.05, 4.69) is 33.8 Å². The van der Waals surface area contributed by atoms with Crippen molar-refractivity contribution in [2.75, 3.05) is 57.3 Å². The lowest BCUT2D eigenvalue weighted by atomic mass is 9.82. The lowest BCUT2D eigenvalue weighted by Crippen LogP contribution is -2.42. The van der Waals surface area contributed by atoms with Crippen LogP contribution in [-0.2, 0) is 4.74 Å². The van der Waals surface area contributed by atoms with Gasteiger partial charge in [-0.25, -0.2) is 0 Å². The highest BCUT2D eigenvalue weighted by atomic mass is 127. The zero-order valence-corrected chi connectivity index (χ0v) is 17.8. The zero-order chi connectivity index (χ0) is 15.6. The van der Waals surface area contributed by atoms with Crippen LogP contribution < -0.4 is 5.32 Å². The molecule has 4 unspecified atom stereocenters. The van der Waals surface area contributed by atoms with Crippen molar-refractivity contribution in [1.29, 1.82) is 0 Å². The molecule has 1 N–H and O–H groups in total. The number of rotatable bonds is 4. The molecule has 0 spiro atoms. The first-order valence-corrected chi connectivity index (χ1v) is 10.5. The average molecular weight is 466 g/mol. The number of fused-ring (bicyclic) bond motifs is 5. The van der Waals surface area contributed by atoms with Gasteiger partial charge in [-0.15, -0.1) is 24.0 Å². The molecule has 138 valence electrons. The number of nitrogens with one attached hydrogen (secondary N) is 1. The summed E-state index contributed by atoms with van der Waals surface area (Å²) in [5, 5.41) is 3.51. The first-order valence-electron chi connectivity index (χ1n) is 9.34. The average Bonchev–Trinajstić information content (AvgIpc) is 3.28. The van der Waals surface area contributed by atoms with E-state index in [9.17, 15) is 0 Å². The fraction of sp³-hybridized carbons (Fsp3) is 0.941. The van der Waals surface area contributed by atoms with Crippen molar-refractivity contribution in [3.8, 4) is 0 Å². The number of nitrogens with zero attached hydrogens (tertiary/aromatic N) is 3. The molecule has 24 heavy (non-hydrogen) atoms. The van der Waals surface area contributed by atoms with Crippen LogP contribution in [0.15, 0.2) is 4.99 Å². The maximum Gasteiger partial charge on any atom is 0.193 e. The van der Waals surface area contributed by atoms with Gasteiger partial charge in [0.25, 0.3) is 0 Å². The Kier molecular flexibility index (Phi) is 6.96. The molecule has 0 saturated carbocycles. The number of hydrogen-bond acceptors (Lipinski definition) is 4. The summed E-state index contributed by atoms with van der Waals surface area (Å²) in [6.07, 6.45) is 3.62. The third-order valence-electron chi connectivity index (χ3n) is 5.87. The number of aliphatic imine (C=N–C) groups is 1. The normalized spacial score (nSPS) is 35.9. The number of ether oxygens (including phenoxy) is 1. The number of hydrogen-bond donors (Lipinski definition) is 1. The molecule has 4 heterocycles. The van der Waals surface area contributed by atoms with Crippen LogP contribution in [-0.4, -0.2) is 85.3 Å². The third-order valence-corrected chi connectivity index (χ3v) is 6.81. The molecule has 4 aliphatic rings. The van der Waals surface area contributed by atoms with Crippen LogP contribution in [0.4, 0.5) is 0 Å². The molecule has 4 aliphatic heterocycles. The van der Waals surface area contributed by atoms with Crippen LogP contribution in [0.3, 0.4) is 0 Å². The van der Waals surface area contributed by atoms with Gasteiger partial charge in [0.15, 0.2) is 5.96 Å². The van der Waals surface area contributed by atoms with E-state index < -0.39 is 0 Å². The zero-order valence-electron chi connectivity index (χ0n) is 14.7. The van der Waals surface area contributed by atoms with E-state index in [4.69, 9.17) is 9.73 Å². The van der Waals surface area contributed by atoms with Crippen molar-refractivity contribution in [2.24, 2.45) is 16.8 Å². The molecule has 0 aromatic rings. The van der Waals surface area contributed by atoms with Gasteiger partial charge in [-0.2, -0.15) is 11.8 Å². The lowest BCUT2D eigenvalue weighted by Gasteiger charge is -2.26. The molecular formula is C17H31IN4OS. The van der Waals surface area contributed by atoms with Crippen LogP contribution in [0.5, 0.6) is 0 Å². The second kappa shape index (κ2) is 8.77. The standard InChI is InChI=1S/C17H30N4OS.HI/c1-2-18-17(19-5-6-20-7-9-23-10-8-20)21-11-13-14(12-21)16-4-3-15(13)22-16;/h13-16H,2-12H2,1H3,(H,18,19);1H. The van der Waals surface area contributed by atoms with Crippen LogP contribution in [0.1, 0.15) is 19.8 Å². The second-order valence-corrected chi connectivity index (χ2v) is 8.44. The smallest absolute Gasteiger partial charge is 0.193 e. The van der Waals surface area contributed by atoms with Crippen LogP contribution in [0.2, 0.25) is 0 Å². The van der Waals surface area contributed by atoms with Gasteiger partial charge < -0.3 is 15.0 Å². The van der Waals surface area contributed by atoms with Crippen LogP contribution in [0, 0.1) is 11.8 Å². The van der Waals surface area contributed by atoms with E-state index in [1.165, 1.54) is 37.4 Å². The van der Waals surface area contributed by atoms with Crippen molar-refractivity contribution < 1.29 is 4.74 Å². The minimum absolute atomic E-state index is 0. The van der Waals surface area contributed by atoms with Gasteiger partial charge in [-0.1, -0.05) is 0 Å². The molecule has 5 nitrogen and oxygen atoms in total. The molecule has 0 aromatic carbocycles. The SMILES string of the molecule is CCNC(=NCCN1CCSCC1)N1CC2C3CCC(O3)C2C1.I. The highest BCUT2D eigenvalue weighted by molar-refractivity contribution is 14.0. The Hall–Kier alpha value is 0.270. The summed E-state index contributed by atoms with van der Waals surface area (Å²) < 4.78 is 6.09. The molecule has 4 saturated heterocycles. The summed E-state index contributed by atoms with van der Waals surface area (Å²) in [6.45, 7) is 9.87. The van der Waals surface area contributed by atoms with Crippen LogP contribution >= 0.6 is 35.7 Å². The van der Waals surface area contributed by atoms with Crippen LogP contribution in [0.25, 0.3) is 0 Å². The number of guanidine groups is 1. The lowest BCUT2D eigenvalue weighted by molar-refractivity contribution is 0.0767. The van der Waals surface area contributed by atoms with E-state index in [1.807, 2.05) is 0 Å². The maximum absolute atomic E-state index is 6.09. The largest absolute Gasteiger partial charge is 0.374 e. The quantitative estimate of drug-likeness (QED) is 0.388. The summed E-state index contributed by atoms with van der Waals surface area (Å²) in [5.74, 6) is 5.19. The predicted molar refractivity (Wildman–Crippen MR) is 112 cm³/mol. The summed E-state index contributed by atoms with van der Waals surface area (Å²) in [4.78, 5) is 9.98. The summed E-state index contributed by atoms with van der Waals surface area (Å²) in [7, 11) is 0. The Morgan fingerprint density at radius 2 is 1.83 bits per heavy atom. The van der Waals surface area contributed by atoms with E-state index in [-0.39, 0.29) is 24.0 Å². The van der Waals surface area contributed by atoms with Crippen molar-refractivity contribution in [1.82, 2.24) is 15.1 Å². The van der Waals surface area contributed by atoms with Gasteiger partial charge in [0, 0.05) is 62.6 Å².